The zero-order valence-corrected chi connectivity index (χ0v) is 9.56. The van der Waals surface area contributed by atoms with E-state index in [1.165, 1.54) is 18.2 Å². The average molecular weight is 257 g/mol. The fourth-order valence-electron chi connectivity index (χ4n) is 1.45. The van der Waals surface area contributed by atoms with Gasteiger partial charge in [-0.15, -0.1) is 0 Å². The topological polar surface area (TPSA) is 20.2 Å². The smallest absolute Gasteiger partial charge is 0.125 e. The van der Waals surface area contributed by atoms with Crippen molar-refractivity contribution in [3.05, 3.63) is 52.3 Å². The maximum Gasteiger partial charge on any atom is 0.125 e. The molecule has 16 heavy (non-hydrogen) atoms. The zero-order chi connectivity index (χ0) is 11.7. The molecule has 82 valence electrons. The summed E-state index contributed by atoms with van der Waals surface area (Å²) in [5.41, 5.74) is 0.943. The molecule has 0 atom stereocenters. The Morgan fingerprint density at radius 2 is 1.69 bits per heavy atom. The Hall–Kier alpha value is -1.25. The largest absolute Gasteiger partial charge is 0.507 e. The van der Waals surface area contributed by atoms with Gasteiger partial charge in [0.15, 0.2) is 0 Å². The third-order valence-corrected chi connectivity index (χ3v) is 2.59. The van der Waals surface area contributed by atoms with Crippen molar-refractivity contribution in [2.75, 3.05) is 0 Å². The molecule has 2 aromatic rings. The molecule has 2 aromatic carbocycles. The van der Waals surface area contributed by atoms with Crippen molar-refractivity contribution in [1.82, 2.24) is 0 Å². The molecule has 0 saturated carbocycles. The predicted molar refractivity (Wildman–Crippen MR) is 63.5 cm³/mol. The van der Waals surface area contributed by atoms with Crippen LogP contribution >= 0.6 is 23.2 Å². The summed E-state index contributed by atoms with van der Waals surface area (Å²) in [6.45, 7) is 0. The van der Waals surface area contributed by atoms with Crippen LogP contribution in [0.2, 0.25) is 10.0 Å². The minimum atomic E-state index is -0.457. The predicted octanol–water partition coefficient (Wildman–Crippen LogP) is 4.51. The standard InChI is InChI=1S/C12H7Cl2FO/c13-8-1-2-12(16)11(6-8)7-3-9(14)5-10(15)4-7/h1-6,16H. The molecule has 0 amide bonds. The van der Waals surface area contributed by atoms with Crippen molar-refractivity contribution in [3.8, 4) is 16.9 Å². The molecule has 0 heterocycles. The van der Waals surface area contributed by atoms with E-state index in [9.17, 15) is 9.50 Å². The molecular formula is C12H7Cl2FO. The maximum absolute atomic E-state index is 13.1. The summed E-state index contributed by atoms with van der Waals surface area (Å²) in [6, 6.07) is 8.62. The van der Waals surface area contributed by atoms with Gasteiger partial charge in [0.2, 0.25) is 0 Å². The monoisotopic (exact) mass is 256 g/mol. The summed E-state index contributed by atoms with van der Waals surface area (Å²) in [4.78, 5) is 0. The Labute approximate surface area is 102 Å². The zero-order valence-electron chi connectivity index (χ0n) is 8.05. The first kappa shape index (κ1) is 11.2. The molecule has 0 unspecified atom stereocenters. The van der Waals surface area contributed by atoms with Crippen molar-refractivity contribution in [1.29, 1.82) is 0 Å². The highest BCUT2D eigenvalue weighted by atomic mass is 35.5. The number of hydrogen-bond donors (Lipinski definition) is 1. The van der Waals surface area contributed by atoms with E-state index in [0.717, 1.165) is 0 Å². The normalized spacial score (nSPS) is 10.4. The van der Waals surface area contributed by atoms with Gasteiger partial charge in [0.25, 0.3) is 0 Å². The van der Waals surface area contributed by atoms with Crippen LogP contribution in [0.15, 0.2) is 36.4 Å². The molecule has 0 saturated heterocycles. The van der Waals surface area contributed by atoms with Crippen molar-refractivity contribution >= 4 is 23.2 Å². The van der Waals surface area contributed by atoms with Gasteiger partial charge in [0, 0.05) is 15.6 Å². The minimum absolute atomic E-state index is 0.0334. The highest BCUT2D eigenvalue weighted by molar-refractivity contribution is 6.31. The average Bonchev–Trinajstić information content (AvgIpc) is 2.20. The molecule has 0 spiro atoms. The van der Waals surface area contributed by atoms with Crippen molar-refractivity contribution in [2.45, 2.75) is 0 Å². The number of phenols is 1. The second kappa shape index (κ2) is 4.32. The number of halogens is 3. The van der Waals surface area contributed by atoms with Crippen molar-refractivity contribution in [2.24, 2.45) is 0 Å². The first-order valence-corrected chi connectivity index (χ1v) is 5.27. The number of benzene rings is 2. The molecule has 0 fully saturated rings. The van der Waals surface area contributed by atoms with E-state index in [4.69, 9.17) is 23.2 Å². The summed E-state index contributed by atoms with van der Waals surface area (Å²) in [5, 5.41) is 10.4. The third-order valence-electron chi connectivity index (χ3n) is 2.13. The fourth-order valence-corrected chi connectivity index (χ4v) is 1.84. The van der Waals surface area contributed by atoms with Gasteiger partial charge < -0.3 is 5.11 Å². The molecule has 1 N–H and O–H groups in total. The summed E-state index contributed by atoms with van der Waals surface area (Å²) in [5.74, 6) is -0.423. The summed E-state index contributed by atoms with van der Waals surface area (Å²) >= 11 is 11.5. The molecule has 0 aliphatic rings. The molecule has 0 radical (unpaired) electrons. The Morgan fingerprint density at radius 1 is 0.938 bits per heavy atom. The maximum atomic E-state index is 13.1. The molecule has 4 heteroatoms. The Morgan fingerprint density at radius 3 is 2.38 bits per heavy atom. The van der Waals surface area contributed by atoms with Crippen LogP contribution in [0, 0.1) is 5.82 Å². The van der Waals surface area contributed by atoms with Gasteiger partial charge in [-0.25, -0.2) is 4.39 Å². The lowest BCUT2D eigenvalue weighted by Crippen LogP contribution is -1.82. The third kappa shape index (κ3) is 2.29. The van der Waals surface area contributed by atoms with Crippen LogP contribution in [0.5, 0.6) is 5.75 Å². The molecule has 0 aliphatic carbocycles. The first-order valence-electron chi connectivity index (χ1n) is 4.51. The Balaban J connectivity index is 2.62. The lowest BCUT2D eigenvalue weighted by molar-refractivity contribution is 0.477. The molecule has 1 nitrogen and oxygen atoms in total. The SMILES string of the molecule is Oc1ccc(Cl)cc1-c1cc(F)cc(Cl)c1. The van der Waals surface area contributed by atoms with Gasteiger partial charge in [-0.1, -0.05) is 23.2 Å². The lowest BCUT2D eigenvalue weighted by atomic mass is 10.0. The number of aromatic hydroxyl groups is 1. The van der Waals surface area contributed by atoms with Crippen LogP contribution in [-0.2, 0) is 0 Å². The van der Waals surface area contributed by atoms with E-state index in [1.54, 1.807) is 18.2 Å². The van der Waals surface area contributed by atoms with Gasteiger partial charge in [0.1, 0.15) is 11.6 Å². The van der Waals surface area contributed by atoms with E-state index in [1.807, 2.05) is 0 Å². The van der Waals surface area contributed by atoms with E-state index >= 15 is 0 Å². The first-order chi connectivity index (χ1) is 7.56. The number of rotatable bonds is 1. The Bertz CT molecular complexity index is 520. The summed E-state index contributed by atoms with van der Waals surface area (Å²) in [7, 11) is 0. The fraction of sp³-hybridized carbons (Fsp3) is 0. The second-order valence-electron chi connectivity index (χ2n) is 3.32. The number of hydrogen-bond acceptors (Lipinski definition) is 1. The summed E-state index contributed by atoms with van der Waals surface area (Å²) < 4.78 is 13.1. The van der Waals surface area contributed by atoms with Crippen LogP contribution in [0.4, 0.5) is 4.39 Å². The second-order valence-corrected chi connectivity index (χ2v) is 4.19. The molecule has 0 aliphatic heterocycles. The minimum Gasteiger partial charge on any atom is -0.507 e. The van der Waals surface area contributed by atoms with Crippen LogP contribution in [0.25, 0.3) is 11.1 Å². The molecule has 0 bridgehead atoms. The summed E-state index contributed by atoms with van der Waals surface area (Å²) in [6.07, 6.45) is 0. The van der Waals surface area contributed by atoms with Crippen molar-refractivity contribution in [3.63, 3.8) is 0 Å². The number of phenolic OH excluding ortho intramolecular Hbond substituents is 1. The molecule has 2 rings (SSSR count). The Kier molecular flexibility index (Phi) is 3.03. The van der Waals surface area contributed by atoms with Crippen LogP contribution in [0.1, 0.15) is 0 Å². The van der Waals surface area contributed by atoms with Crippen LogP contribution < -0.4 is 0 Å². The van der Waals surface area contributed by atoms with Crippen molar-refractivity contribution < 1.29 is 9.50 Å². The highest BCUT2D eigenvalue weighted by Crippen LogP contribution is 2.33. The quantitative estimate of drug-likeness (QED) is 0.797. The van der Waals surface area contributed by atoms with E-state index in [-0.39, 0.29) is 10.8 Å². The van der Waals surface area contributed by atoms with Crippen LogP contribution in [-0.4, -0.2) is 5.11 Å². The van der Waals surface area contributed by atoms with Gasteiger partial charge >= 0.3 is 0 Å². The van der Waals surface area contributed by atoms with Crippen LogP contribution in [0.3, 0.4) is 0 Å². The van der Waals surface area contributed by atoms with E-state index in [0.29, 0.717) is 16.1 Å². The van der Waals surface area contributed by atoms with Gasteiger partial charge in [-0.2, -0.15) is 0 Å². The molecule has 0 aromatic heterocycles. The molecular weight excluding hydrogens is 250 g/mol. The van der Waals surface area contributed by atoms with Gasteiger partial charge in [-0.3, -0.25) is 0 Å². The van der Waals surface area contributed by atoms with Gasteiger partial charge in [0.05, 0.1) is 0 Å². The highest BCUT2D eigenvalue weighted by Gasteiger charge is 2.07. The van der Waals surface area contributed by atoms with E-state index in [2.05, 4.69) is 0 Å². The van der Waals surface area contributed by atoms with E-state index < -0.39 is 5.82 Å². The van der Waals surface area contributed by atoms with Gasteiger partial charge in [-0.05, 0) is 42.0 Å². The lowest BCUT2D eigenvalue weighted by Gasteiger charge is -2.06.